The van der Waals surface area contributed by atoms with Crippen LogP contribution < -0.4 is 5.73 Å². The highest BCUT2D eigenvalue weighted by atomic mass is 16.6. The monoisotopic (exact) mass is 365 g/mol. The summed E-state index contributed by atoms with van der Waals surface area (Å²) >= 11 is 0. The molecule has 0 radical (unpaired) electrons. The van der Waals surface area contributed by atoms with Gasteiger partial charge in [-0.3, -0.25) is 4.79 Å². The first-order valence-electron chi connectivity index (χ1n) is 10.0. The number of fused-ring (bicyclic) bond motifs is 2. The van der Waals surface area contributed by atoms with Gasteiger partial charge < -0.3 is 20.3 Å². The third-order valence-electron chi connectivity index (χ3n) is 6.49. The second-order valence-corrected chi connectivity index (χ2v) is 9.92. The number of carbonyl (C=O) groups is 2. The maximum Gasteiger partial charge on any atom is 0.410 e. The van der Waals surface area contributed by atoms with Gasteiger partial charge in [0, 0.05) is 32.2 Å². The molecule has 0 unspecified atom stereocenters. The van der Waals surface area contributed by atoms with Gasteiger partial charge in [0.1, 0.15) is 5.60 Å². The number of likely N-dealkylation sites (tertiary alicyclic amines) is 1. The summed E-state index contributed by atoms with van der Waals surface area (Å²) in [6.07, 6.45) is 6.41. The Balaban J connectivity index is 1.47. The Morgan fingerprint density at radius 2 is 1.73 bits per heavy atom. The average Bonchev–Trinajstić information content (AvgIpc) is 3.08. The van der Waals surface area contributed by atoms with Crippen LogP contribution in [0.15, 0.2) is 0 Å². The molecule has 0 spiro atoms. The lowest BCUT2D eigenvalue weighted by atomic mass is 9.81. The molecule has 3 aliphatic rings. The van der Waals surface area contributed by atoms with Crippen LogP contribution in [-0.2, 0) is 9.53 Å². The average molecular weight is 366 g/mol. The van der Waals surface area contributed by atoms with E-state index in [4.69, 9.17) is 10.5 Å². The number of hydrogen-bond donors (Lipinski definition) is 1. The first kappa shape index (κ1) is 19.5. The van der Waals surface area contributed by atoms with Gasteiger partial charge in [0.05, 0.1) is 5.41 Å². The largest absolute Gasteiger partial charge is 0.444 e. The van der Waals surface area contributed by atoms with E-state index in [1.54, 1.807) is 11.9 Å². The summed E-state index contributed by atoms with van der Waals surface area (Å²) in [4.78, 5) is 28.9. The lowest BCUT2D eigenvalue weighted by Crippen LogP contribution is -2.47. The minimum absolute atomic E-state index is 0.0793. The molecule has 0 aromatic carbocycles. The number of carbonyl (C=O) groups excluding carboxylic acids is 2. The standard InChI is InChI=1S/C20H35N3O3/c1-18(2,3)26-17(25)22(4)13-15-5-11-23(12-6-15)16(24)19-7-9-20(21,14-19)10-8-19/h15H,5-14,21H2,1-4H3. The summed E-state index contributed by atoms with van der Waals surface area (Å²) in [6.45, 7) is 7.92. The van der Waals surface area contributed by atoms with Crippen molar-refractivity contribution in [3.8, 4) is 0 Å². The number of hydrogen-bond acceptors (Lipinski definition) is 4. The van der Waals surface area contributed by atoms with Gasteiger partial charge in [0.25, 0.3) is 0 Å². The molecule has 2 saturated carbocycles. The van der Waals surface area contributed by atoms with Crippen molar-refractivity contribution in [2.75, 3.05) is 26.7 Å². The number of nitrogens with zero attached hydrogens (tertiary/aromatic N) is 2. The topological polar surface area (TPSA) is 75.9 Å². The fourth-order valence-electron chi connectivity index (χ4n) is 5.00. The quantitative estimate of drug-likeness (QED) is 0.834. The van der Waals surface area contributed by atoms with Gasteiger partial charge >= 0.3 is 6.09 Å². The van der Waals surface area contributed by atoms with E-state index in [-0.39, 0.29) is 17.0 Å². The van der Waals surface area contributed by atoms with Crippen LogP contribution in [0.4, 0.5) is 4.79 Å². The van der Waals surface area contributed by atoms with Crippen molar-refractivity contribution in [1.82, 2.24) is 9.80 Å². The lowest BCUT2D eigenvalue weighted by Gasteiger charge is -2.38. The molecule has 2 bridgehead atoms. The van der Waals surface area contributed by atoms with Gasteiger partial charge in [0.15, 0.2) is 0 Å². The Hall–Kier alpha value is -1.30. The summed E-state index contributed by atoms with van der Waals surface area (Å²) < 4.78 is 5.42. The van der Waals surface area contributed by atoms with E-state index in [9.17, 15) is 9.59 Å². The van der Waals surface area contributed by atoms with E-state index >= 15 is 0 Å². The maximum atomic E-state index is 13.1. The molecule has 6 nitrogen and oxygen atoms in total. The Morgan fingerprint density at radius 1 is 1.15 bits per heavy atom. The Kier molecular flexibility index (Phi) is 5.01. The second-order valence-electron chi connectivity index (χ2n) is 9.92. The van der Waals surface area contributed by atoms with Crippen LogP contribution in [0.5, 0.6) is 0 Å². The van der Waals surface area contributed by atoms with Crippen LogP contribution in [0.2, 0.25) is 0 Å². The fraction of sp³-hybridized carbons (Fsp3) is 0.900. The van der Waals surface area contributed by atoms with Crippen molar-refractivity contribution in [1.29, 1.82) is 0 Å². The van der Waals surface area contributed by atoms with Crippen molar-refractivity contribution in [3.63, 3.8) is 0 Å². The molecule has 1 saturated heterocycles. The number of piperidine rings is 1. The Morgan fingerprint density at radius 3 is 2.19 bits per heavy atom. The zero-order valence-corrected chi connectivity index (χ0v) is 16.8. The predicted octanol–water partition coefficient (Wildman–Crippen LogP) is 2.75. The van der Waals surface area contributed by atoms with Gasteiger partial charge in [0.2, 0.25) is 5.91 Å². The Bertz CT molecular complexity index is 553. The normalized spacial score (nSPS) is 32.0. The van der Waals surface area contributed by atoms with Crippen molar-refractivity contribution >= 4 is 12.0 Å². The molecule has 3 fully saturated rings. The summed E-state index contributed by atoms with van der Waals surface area (Å²) in [5.74, 6) is 0.760. The number of nitrogens with two attached hydrogens (primary N) is 1. The van der Waals surface area contributed by atoms with Gasteiger partial charge in [-0.15, -0.1) is 0 Å². The number of ether oxygens (including phenoxy) is 1. The van der Waals surface area contributed by atoms with Crippen molar-refractivity contribution in [3.05, 3.63) is 0 Å². The molecule has 2 amide bonds. The molecular formula is C20H35N3O3. The minimum Gasteiger partial charge on any atom is -0.444 e. The zero-order valence-electron chi connectivity index (χ0n) is 16.8. The van der Waals surface area contributed by atoms with E-state index in [0.717, 1.165) is 58.0 Å². The van der Waals surface area contributed by atoms with Crippen molar-refractivity contribution in [2.45, 2.75) is 76.9 Å². The van der Waals surface area contributed by atoms with Crippen LogP contribution in [-0.4, -0.2) is 59.6 Å². The van der Waals surface area contributed by atoms with Crippen molar-refractivity contribution < 1.29 is 14.3 Å². The summed E-state index contributed by atoms with van der Waals surface area (Å²) in [5.41, 5.74) is 5.66. The maximum absolute atomic E-state index is 13.1. The molecule has 0 atom stereocenters. The van der Waals surface area contributed by atoms with Gasteiger partial charge in [-0.05, 0) is 71.6 Å². The zero-order chi connectivity index (χ0) is 19.2. The molecule has 2 aliphatic carbocycles. The lowest BCUT2D eigenvalue weighted by molar-refractivity contribution is -0.143. The van der Waals surface area contributed by atoms with Crippen LogP contribution in [0.3, 0.4) is 0 Å². The van der Waals surface area contributed by atoms with Crippen LogP contribution in [0.25, 0.3) is 0 Å². The third-order valence-corrected chi connectivity index (χ3v) is 6.49. The SMILES string of the molecule is CN(CC1CCN(C(=O)C23CCC(N)(CC2)C3)CC1)C(=O)OC(C)(C)C. The third kappa shape index (κ3) is 4.00. The summed E-state index contributed by atoms with van der Waals surface area (Å²) in [6, 6.07) is 0. The molecule has 0 aromatic rings. The van der Waals surface area contributed by atoms with E-state index in [0.29, 0.717) is 18.4 Å². The summed E-state index contributed by atoms with van der Waals surface area (Å²) in [5, 5.41) is 0. The fourth-order valence-corrected chi connectivity index (χ4v) is 5.00. The molecule has 0 aromatic heterocycles. The first-order chi connectivity index (χ1) is 12.0. The van der Waals surface area contributed by atoms with E-state index in [1.807, 2.05) is 20.8 Å². The molecule has 2 N–H and O–H groups in total. The van der Waals surface area contributed by atoms with Gasteiger partial charge in [-0.25, -0.2) is 4.79 Å². The van der Waals surface area contributed by atoms with Crippen LogP contribution in [0, 0.1) is 11.3 Å². The number of amides is 2. The second kappa shape index (κ2) is 6.70. The highest BCUT2D eigenvalue weighted by Gasteiger charge is 2.57. The first-order valence-corrected chi connectivity index (χ1v) is 10.0. The number of rotatable bonds is 3. The molecule has 1 heterocycles. The predicted molar refractivity (Wildman–Crippen MR) is 101 cm³/mol. The highest BCUT2D eigenvalue weighted by Crippen LogP contribution is 2.56. The molecular weight excluding hydrogens is 330 g/mol. The van der Waals surface area contributed by atoms with Gasteiger partial charge in [-0.1, -0.05) is 0 Å². The molecule has 26 heavy (non-hydrogen) atoms. The van der Waals surface area contributed by atoms with Crippen LogP contribution >= 0.6 is 0 Å². The van der Waals surface area contributed by atoms with Crippen molar-refractivity contribution in [2.24, 2.45) is 17.1 Å². The molecule has 6 heteroatoms. The molecule has 1 aliphatic heterocycles. The van der Waals surface area contributed by atoms with Gasteiger partial charge in [-0.2, -0.15) is 0 Å². The van der Waals surface area contributed by atoms with E-state index in [2.05, 4.69) is 4.90 Å². The molecule has 3 rings (SSSR count). The molecule has 148 valence electrons. The van der Waals surface area contributed by atoms with E-state index < -0.39 is 5.60 Å². The van der Waals surface area contributed by atoms with E-state index in [1.165, 1.54) is 0 Å². The Labute approximate surface area is 157 Å². The van der Waals surface area contributed by atoms with Crippen LogP contribution in [0.1, 0.15) is 65.7 Å². The highest BCUT2D eigenvalue weighted by molar-refractivity contribution is 5.84. The summed E-state index contributed by atoms with van der Waals surface area (Å²) in [7, 11) is 1.79. The smallest absolute Gasteiger partial charge is 0.410 e. The minimum atomic E-state index is -0.471.